The molecule has 2 N–H and O–H groups in total. The number of pyridine rings is 1. The van der Waals surface area contributed by atoms with Gasteiger partial charge in [-0.1, -0.05) is 18.2 Å². The van der Waals surface area contributed by atoms with Crippen LogP contribution in [0.4, 0.5) is 0 Å². The van der Waals surface area contributed by atoms with Gasteiger partial charge in [0.2, 0.25) is 0 Å². The highest BCUT2D eigenvalue weighted by molar-refractivity contribution is 5.95. The minimum absolute atomic E-state index is 0.542. The smallest absolute Gasteiger partial charge is 0.0726 e. The minimum Gasteiger partial charge on any atom is -0.350 e. The number of fused-ring (bicyclic) bond motifs is 1. The molecular weight excluding hydrogens is 222 g/mol. The van der Waals surface area contributed by atoms with Gasteiger partial charge >= 0.3 is 0 Å². The number of hydrogen-bond donors (Lipinski definition) is 1. The van der Waals surface area contributed by atoms with Crippen molar-refractivity contribution in [3.05, 3.63) is 54.4 Å². The topological polar surface area (TPSA) is 43.8 Å². The Hall–Kier alpha value is -2.13. The first-order valence-electron chi connectivity index (χ1n) is 5.99. The Balaban J connectivity index is 2.25. The standard InChI is InChI=1S/C15H15N3/c1-18-10-13(12-4-2-3-5-15(12)18)14-8-11(9-16)6-7-17-14/h2-8,10H,9,16H2,1H3. The highest BCUT2D eigenvalue weighted by atomic mass is 14.9. The minimum atomic E-state index is 0.542. The number of nitrogens with zero attached hydrogens (tertiary/aromatic N) is 2. The summed E-state index contributed by atoms with van der Waals surface area (Å²) in [6.07, 6.45) is 3.94. The van der Waals surface area contributed by atoms with E-state index in [-0.39, 0.29) is 0 Å². The summed E-state index contributed by atoms with van der Waals surface area (Å²) in [7, 11) is 2.05. The first-order chi connectivity index (χ1) is 8.79. The van der Waals surface area contributed by atoms with E-state index in [1.807, 2.05) is 12.3 Å². The molecule has 0 spiro atoms. The maximum Gasteiger partial charge on any atom is 0.0726 e. The fraction of sp³-hybridized carbons (Fsp3) is 0.133. The molecule has 0 radical (unpaired) electrons. The molecule has 1 aromatic carbocycles. The molecule has 0 fully saturated rings. The molecule has 0 aliphatic carbocycles. The molecule has 0 saturated heterocycles. The number of aryl methyl sites for hydroxylation is 1. The lowest BCUT2D eigenvalue weighted by Gasteiger charge is -2.01. The average molecular weight is 237 g/mol. The second-order valence-electron chi connectivity index (χ2n) is 4.42. The summed E-state index contributed by atoms with van der Waals surface area (Å²) in [4.78, 5) is 4.45. The van der Waals surface area contributed by atoms with E-state index in [4.69, 9.17) is 5.73 Å². The maximum atomic E-state index is 5.68. The maximum absolute atomic E-state index is 5.68. The largest absolute Gasteiger partial charge is 0.350 e. The van der Waals surface area contributed by atoms with Gasteiger partial charge in [-0.15, -0.1) is 0 Å². The van der Waals surface area contributed by atoms with Crippen molar-refractivity contribution in [2.75, 3.05) is 0 Å². The number of nitrogens with two attached hydrogens (primary N) is 1. The highest BCUT2D eigenvalue weighted by Gasteiger charge is 2.09. The molecule has 0 unspecified atom stereocenters. The Bertz CT molecular complexity index is 698. The van der Waals surface area contributed by atoms with E-state index in [0.717, 1.165) is 16.8 Å². The summed E-state index contributed by atoms with van der Waals surface area (Å²) < 4.78 is 2.13. The number of para-hydroxylation sites is 1. The third-order valence-electron chi connectivity index (χ3n) is 3.23. The fourth-order valence-corrected chi connectivity index (χ4v) is 2.29. The van der Waals surface area contributed by atoms with E-state index in [9.17, 15) is 0 Å². The summed E-state index contributed by atoms with van der Waals surface area (Å²) in [5.41, 5.74) is 10.1. The summed E-state index contributed by atoms with van der Waals surface area (Å²) in [5, 5.41) is 1.22. The van der Waals surface area contributed by atoms with Gasteiger partial charge in [0.05, 0.1) is 5.69 Å². The van der Waals surface area contributed by atoms with Crippen molar-refractivity contribution >= 4 is 10.9 Å². The molecule has 3 nitrogen and oxygen atoms in total. The first kappa shape index (κ1) is 11.0. The second-order valence-corrected chi connectivity index (χ2v) is 4.42. The third-order valence-corrected chi connectivity index (χ3v) is 3.23. The van der Waals surface area contributed by atoms with Crippen LogP contribution < -0.4 is 5.73 Å². The summed E-state index contributed by atoms with van der Waals surface area (Å²) in [5.74, 6) is 0. The van der Waals surface area contributed by atoms with Gasteiger partial charge in [-0.3, -0.25) is 4.98 Å². The van der Waals surface area contributed by atoms with Crippen molar-refractivity contribution in [1.29, 1.82) is 0 Å². The van der Waals surface area contributed by atoms with E-state index in [0.29, 0.717) is 6.54 Å². The van der Waals surface area contributed by atoms with Gasteiger partial charge in [-0.05, 0) is 23.8 Å². The number of rotatable bonds is 2. The summed E-state index contributed by atoms with van der Waals surface area (Å²) >= 11 is 0. The first-order valence-corrected chi connectivity index (χ1v) is 5.99. The van der Waals surface area contributed by atoms with Crippen molar-refractivity contribution < 1.29 is 0 Å². The Kier molecular flexibility index (Phi) is 2.61. The number of benzene rings is 1. The molecule has 3 heteroatoms. The fourth-order valence-electron chi connectivity index (χ4n) is 2.29. The van der Waals surface area contributed by atoms with E-state index in [1.54, 1.807) is 0 Å². The molecule has 0 aliphatic rings. The Morgan fingerprint density at radius 2 is 2.06 bits per heavy atom. The molecule has 0 atom stereocenters. The van der Waals surface area contributed by atoms with E-state index >= 15 is 0 Å². The molecule has 18 heavy (non-hydrogen) atoms. The van der Waals surface area contributed by atoms with Crippen LogP contribution in [-0.2, 0) is 13.6 Å². The number of aromatic nitrogens is 2. The summed E-state index contributed by atoms with van der Waals surface area (Å²) in [6.45, 7) is 0.542. The van der Waals surface area contributed by atoms with Crippen molar-refractivity contribution in [2.24, 2.45) is 12.8 Å². The monoisotopic (exact) mass is 237 g/mol. The van der Waals surface area contributed by atoms with Crippen LogP contribution in [0.1, 0.15) is 5.56 Å². The van der Waals surface area contributed by atoms with Gasteiger partial charge in [0.1, 0.15) is 0 Å². The normalized spacial score (nSPS) is 11.0. The van der Waals surface area contributed by atoms with Gasteiger partial charge in [0.25, 0.3) is 0 Å². The van der Waals surface area contributed by atoms with Crippen LogP contribution in [-0.4, -0.2) is 9.55 Å². The van der Waals surface area contributed by atoms with Gasteiger partial charge in [0.15, 0.2) is 0 Å². The van der Waals surface area contributed by atoms with Crippen LogP contribution in [0.3, 0.4) is 0 Å². The summed E-state index contributed by atoms with van der Waals surface area (Å²) in [6, 6.07) is 12.4. The van der Waals surface area contributed by atoms with E-state index < -0.39 is 0 Å². The quantitative estimate of drug-likeness (QED) is 0.744. The molecule has 3 aromatic rings. The van der Waals surface area contributed by atoms with Crippen molar-refractivity contribution in [1.82, 2.24) is 9.55 Å². The lowest BCUT2D eigenvalue weighted by molar-refractivity contribution is 0.969. The van der Waals surface area contributed by atoms with Crippen LogP contribution in [0.15, 0.2) is 48.8 Å². The van der Waals surface area contributed by atoms with Crippen LogP contribution in [0.2, 0.25) is 0 Å². The zero-order valence-corrected chi connectivity index (χ0v) is 10.3. The molecule has 0 bridgehead atoms. The zero-order chi connectivity index (χ0) is 12.5. The Morgan fingerprint density at radius 1 is 1.22 bits per heavy atom. The predicted octanol–water partition coefficient (Wildman–Crippen LogP) is 2.70. The van der Waals surface area contributed by atoms with E-state index in [1.165, 1.54) is 10.9 Å². The second kappa shape index (κ2) is 4.27. The number of hydrogen-bond acceptors (Lipinski definition) is 2. The van der Waals surface area contributed by atoms with Gasteiger partial charge in [-0.2, -0.15) is 0 Å². The Morgan fingerprint density at radius 3 is 2.89 bits per heavy atom. The van der Waals surface area contributed by atoms with Crippen LogP contribution in [0.5, 0.6) is 0 Å². The molecule has 0 saturated carbocycles. The van der Waals surface area contributed by atoms with E-state index in [2.05, 4.69) is 53.1 Å². The Labute approximate surface area is 106 Å². The molecule has 0 aliphatic heterocycles. The van der Waals surface area contributed by atoms with Gasteiger partial charge < -0.3 is 10.3 Å². The van der Waals surface area contributed by atoms with Crippen molar-refractivity contribution in [3.63, 3.8) is 0 Å². The predicted molar refractivity (Wildman–Crippen MR) is 74.0 cm³/mol. The zero-order valence-electron chi connectivity index (χ0n) is 10.3. The molecular formula is C15H15N3. The van der Waals surface area contributed by atoms with Crippen LogP contribution in [0, 0.1) is 0 Å². The van der Waals surface area contributed by atoms with Crippen LogP contribution >= 0.6 is 0 Å². The lowest BCUT2D eigenvalue weighted by Crippen LogP contribution is -1.96. The molecule has 90 valence electrons. The molecule has 2 heterocycles. The average Bonchev–Trinajstić information content (AvgIpc) is 2.77. The molecule has 3 rings (SSSR count). The van der Waals surface area contributed by atoms with Crippen molar-refractivity contribution in [2.45, 2.75) is 6.54 Å². The highest BCUT2D eigenvalue weighted by Crippen LogP contribution is 2.28. The van der Waals surface area contributed by atoms with Crippen LogP contribution in [0.25, 0.3) is 22.2 Å². The third kappa shape index (κ3) is 1.69. The van der Waals surface area contributed by atoms with Gasteiger partial charge in [0, 0.05) is 42.5 Å². The molecule has 0 amide bonds. The molecule has 2 aromatic heterocycles. The lowest BCUT2D eigenvalue weighted by atomic mass is 10.1. The van der Waals surface area contributed by atoms with Gasteiger partial charge in [-0.25, -0.2) is 0 Å². The SMILES string of the molecule is Cn1cc(-c2cc(CN)ccn2)c2ccccc21. The van der Waals surface area contributed by atoms with Crippen molar-refractivity contribution in [3.8, 4) is 11.3 Å².